The molecule has 0 spiro atoms. The summed E-state index contributed by atoms with van der Waals surface area (Å²) in [6, 6.07) is 7.86. The number of ether oxygens (including phenoxy) is 1. The van der Waals surface area contributed by atoms with E-state index in [1.165, 1.54) is 0 Å². The lowest BCUT2D eigenvalue weighted by molar-refractivity contribution is 0.416. The number of hydrogen-bond acceptors (Lipinski definition) is 6. The van der Waals surface area contributed by atoms with Crippen molar-refractivity contribution in [3.63, 3.8) is 0 Å². The molecule has 3 aromatic rings. The Balaban J connectivity index is 1.89. The number of benzene rings is 1. The van der Waals surface area contributed by atoms with E-state index in [0.717, 1.165) is 27.8 Å². The zero-order chi connectivity index (χ0) is 13.9. The second-order valence-electron chi connectivity index (χ2n) is 4.23. The summed E-state index contributed by atoms with van der Waals surface area (Å²) in [5.74, 6) is 1.60. The van der Waals surface area contributed by atoms with Crippen LogP contribution in [0.1, 0.15) is 11.5 Å². The van der Waals surface area contributed by atoms with E-state index >= 15 is 0 Å². The normalized spacial score (nSPS) is 10.7. The maximum Gasteiger partial charge on any atom is 0.148 e. The molecular formula is C13H13N5OS. The van der Waals surface area contributed by atoms with Crippen LogP contribution in [0.3, 0.4) is 0 Å². The van der Waals surface area contributed by atoms with Crippen molar-refractivity contribution >= 4 is 11.3 Å². The third kappa shape index (κ3) is 2.39. The van der Waals surface area contributed by atoms with Crippen LogP contribution in [0.4, 0.5) is 0 Å². The third-order valence-corrected chi connectivity index (χ3v) is 3.84. The smallest absolute Gasteiger partial charge is 0.148 e. The lowest BCUT2D eigenvalue weighted by Gasteiger charge is -2.04. The van der Waals surface area contributed by atoms with Crippen LogP contribution in [0.25, 0.3) is 10.6 Å². The molecule has 1 aromatic carbocycles. The van der Waals surface area contributed by atoms with E-state index in [1.54, 1.807) is 23.1 Å². The molecule has 0 atom stereocenters. The predicted octanol–water partition coefficient (Wildman–Crippen LogP) is 2.16. The van der Waals surface area contributed by atoms with Crippen molar-refractivity contribution in [1.29, 1.82) is 0 Å². The van der Waals surface area contributed by atoms with Crippen LogP contribution in [-0.2, 0) is 6.54 Å². The zero-order valence-electron chi connectivity index (χ0n) is 11.1. The largest absolute Gasteiger partial charge is 0.496 e. The van der Waals surface area contributed by atoms with Gasteiger partial charge in [-0.05, 0) is 29.5 Å². The molecule has 3 rings (SSSR count). The molecule has 0 N–H and O–H groups in total. The minimum absolute atomic E-state index is 0.574. The third-order valence-electron chi connectivity index (χ3n) is 2.91. The number of methoxy groups -OCH3 is 1. The average Bonchev–Trinajstić information content (AvgIpc) is 3.09. The number of para-hydroxylation sites is 1. The van der Waals surface area contributed by atoms with Gasteiger partial charge >= 0.3 is 0 Å². The van der Waals surface area contributed by atoms with Crippen molar-refractivity contribution < 1.29 is 4.74 Å². The first kappa shape index (κ1) is 12.7. The fraction of sp³-hybridized carbons (Fsp3) is 0.231. The van der Waals surface area contributed by atoms with Gasteiger partial charge in [0.05, 0.1) is 24.9 Å². The van der Waals surface area contributed by atoms with Crippen molar-refractivity contribution in [1.82, 2.24) is 25.2 Å². The van der Waals surface area contributed by atoms with Gasteiger partial charge in [-0.15, -0.1) is 16.4 Å². The van der Waals surface area contributed by atoms with Gasteiger partial charge in [0.25, 0.3) is 0 Å². The van der Waals surface area contributed by atoms with Crippen LogP contribution < -0.4 is 4.74 Å². The highest BCUT2D eigenvalue weighted by Gasteiger charge is 2.11. The lowest BCUT2D eigenvalue weighted by atomic mass is 10.2. The molecule has 0 radical (unpaired) electrons. The molecule has 20 heavy (non-hydrogen) atoms. The molecule has 0 aliphatic carbocycles. The standard InChI is InChI=1S/C13H13N5OS/c1-9-15-16-17-18(9)7-10-8-20-13(14-10)11-5-3-4-6-12(11)19-2/h3-6,8H,7H2,1-2H3. The summed E-state index contributed by atoms with van der Waals surface area (Å²) in [5, 5.41) is 14.4. The molecule has 0 unspecified atom stereocenters. The van der Waals surface area contributed by atoms with Gasteiger partial charge in [0.15, 0.2) is 0 Å². The summed E-state index contributed by atoms with van der Waals surface area (Å²) in [4.78, 5) is 4.63. The van der Waals surface area contributed by atoms with Crippen LogP contribution in [0, 0.1) is 6.92 Å². The van der Waals surface area contributed by atoms with E-state index in [0.29, 0.717) is 6.54 Å². The van der Waals surface area contributed by atoms with E-state index in [1.807, 2.05) is 36.6 Å². The monoisotopic (exact) mass is 287 g/mol. The van der Waals surface area contributed by atoms with E-state index in [2.05, 4.69) is 20.5 Å². The summed E-state index contributed by atoms with van der Waals surface area (Å²) in [6.07, 6.45) is 0. The fourth-order valence-corrected chi connectivity index (χ4v) is 2.71. The first-order valence-corrected chi connectivity index (χ1v) is 6.96. The van der Waals surface area contributed by atoms with Gasteiger partial charge in [-0.25, -0.2) is 9.67 Å². The second kappa shape index (κ2) is 5.38. The molecule has 0 aliphatic heterocycles. The lowest BCUT2D eigenvalue weighted by Crippen LogP contribution is -2.04. The summed E-state index contributed by atoms with van der Waals surface area (Å²) in [7, 11) is 1.66. The highest BCUT2D eigenvalue weighted by atomic mass is 32.1. The molecule has 2 aromatic heterocycles. The van der Waals surface area contributed by atoms with Gasteiger partial charge in [0.1, 0.15) is 16.6 Å². The Kier molecular flexibility index (Phi) is 3.42. The van der Waals surface area contributed by atoms with Gasteiger partial charge in [0.2, 0.25) is 0 Å². The number of nitrogens with zero attached hydrogens (tertiary/aromatic N) is 5. The highest BCUT2D eigenvalue weighted by molar-refractivity contribution is 7.13. The number of thiazole rings is 1. The molecule has 0 saturated heterocycles. The molecule has 0 bridgehead atoms. The first-order chi connectivity index (χ1) is 9.78. The maximum absolute atomic E-state index is 5.36. The fourth-order valence-electron chi connectivity index (χ4n) is 1.87. The number of hydrogen-bond donors (Lipinski definition) is 0. The molecule has 0 amide bonds. The molecule has 102 valence electrons. The zero-order valence-corrected chi connectivity index (χ0v) is 12.0. The maximum atomic E-state index is 5.36. The van der Waals surface area contributed by atoms with E-state index in [9.17, 15) is 0 Å². The topological polar surface area (TPSA) is 65.7 Å². The van der Waals surface area contributed by atoms with E-state index in [4.69, 9.17) is 4.74 Å². The van der Waals surface area contributed by atoms with Gasteiger partial charge in [-0.2, -0.15) is 0 Å². The van der Waals surface area contributed by atoms with Crippen LogP contribution in [0.2, 0.25) is 0 Å². The number of tetrazole rings is 1. The van der Waals surface area contributed by atoms with Crippen molar-refractivity contribution in [3.8, 4) is 16.3 Å². The Labute approximate surface area is 120 Å². The average molecular weight is 287 g/mol. The number of aromatic nitrogens is 5. The molecule has 0 aliphatic rings. The minimum Gasteiger partial charge on any atom is -0.496 e. The molecule has 7 heteroatoms. The summed E-state index contributed by atoms with van der Waals surface area (Å²) < 4.78 is 7.09. The molecule has 2 heterocycles. The van der Waals surface area contributed by atoms with Crippen LogP contribution in [0.5, 0.6) is 5.75 Å². The molecular weight excluding hydrogens is 274 g/mol. The van der Waals surface area contributed by atoms with Gasteiger partial charge in [-0.1, -0.05) is 12.1 Å². The van der Waals surface area contributed by atoms with Crippen LogP contribution in [-0.4, -0.2) is 32.3 Å². The Bertz CT molecular complexity index is 721. The van der Waals surface area contributed by atoms with Gasteiger partial charge in [-0.3, -0.25) is 0 Å². The van der Waals surface area contributed by atoms with Crippen LogP contribution in [0.15, 0.2) is 29.6 Å². The van der Waals surface area contributed by atoms with Crippen molar-refractivity contribution in [3.05, 3.63) is 41.2 Å². The first-order valence-electron chi connectivity index (χ1n) is 6.08. The number of aryl methyl sites for hydroxylation is 1. The molecule has 6 nitrogen and oxygen atoms in total. The van der Waals surface area contributed by atoms with Gasteiger partial charge < -0.3 is 4.74 Å². The highest BCUT2D eigenvalue weighted by Crippen LogP contribution is 2.31. The quantitative estimate of drug-likeness (QED) is 0.735. The summed E-state index contributed by atoms with van der Waals surface area (Å²) >= 11 is 1.59. The Morgan fingerprint density at radius 1 is 1.30 bits per heavy atom. The SMILES string of the molecule is COc1ccccc1-c1nc(Cn2nnnc2C)cs1. The Hall–Kier alpha value is -2.28. The molecule has 0 fully saturated rings. The number of rotatable bonds is 4. The van der Waals surface area contributed by atoms with E-state index in [-0.39, 0.29) is 0 Å². The Morgan fingerprint density at radius 3 is 2.90 bits per heavy atom. The summed E-state index contributed by atoms with van der Waals surface area (Å²) in [5.41, 5.74) is 1.94. The van der Waals surface area contributed by atoms with E-state index < -0.39 is 0 Å². The summed E-state index contributed by atoms with van der Waals surface area (Å²) in [6.45, 7) is 2.44. The minimum atomic E-state index is 0.574. The second-order valence-corrected chi connectivity index (χ2v) is 5.09. The van der Waals surface area contributed by atoms with Crippen molar-refractivity contribution in [2.75, 3.05) is 7.11 Å². The Morgan fingerprint density at radius 2 is 2.15 bits per heavy atom. The van der Waals surface area contributed by atoms with Gasteiger partial charge in [0, 0.05) is 5.38 Å². The van der Waals surface area contributed by atoms with Crippen molar-refractivity contribution in [2.45, 2.75) is 13.5 Å². The molecule has 0 saturated carbocycles. The van der Waals surface area contributed by atoms with Crippen LogP contribution >= 0.6 is 11.3 Å². The van der Waals surface area contributed by atoms with Crippen molar-refractivity contribution in [2.24, 2.45) is 0 Å². The predicted molar refractivity (Wildman–Crippen MR) is 75.8 cm³/mol.